The van der Waals surface area contributed by atoms with Gasteiger partial charge in [0.2, 0.25) is 0 Å². The van der Waals surface area contributed by atoms with Gasteiger partial charge in [0, 0.05) is 23.6 Å². The van der Waals surface area contributed by atoms with Gasteiger partial charge in [-0.1, -0.05) is 12.1 Å². The number of nitro groups is 1. The van der Waals surface area contributed by atoms with E-state index in [-0.39, 0.29) is 11.7 Å². The minimum atomic E-state index is -0.514. The van der Waals surface area contributed by atoms with Gasteiger partial charge in [-0.2, -0.15) is 0 Å². The van der Waals surface area contributed by atoms with Crippen LogP contribution in [-0.2, 0) is 9.53 Å². The Labute approximate surface area is 156 Å². The Kier molecular flexibility index (Phi) is 6.88. The zero-order valence-corrected chi connectivity index (χ0v) is 15.7. The molecule has 0 saturated carbocycles. The average molecular weight is 375 g/mol. The quantitative estimate of drug-likeness (QED) is 0.329. The lowest BCUT2D eigenvalue weighted by Crippen LogP contribution is -2.26. The minimum Gasteiger partial charge on any atom is -0.466 e. The topological polar surface area (TPSA) is 84.7 Å². The highest BCUT2D eigenvalue weighted by atomic mass is 32.1. The van der Waals surface area contributed by atoms with Gasteiger partial charge in [-0.05, 0) is 43.2 Å². The fourth-order valence-electron chi connectivity index (χ4n) is 2.41. The van der Waals surface area contributed by atoms with Crippen molar-refractivity contribution in [3.63, 3.8) is 0 Å². The van der Waals surface area contributed by atoms with Gasteiger partial charge in [-0.3, -0.25) is 10.1 Å². The van der Waals surface area contributed by atoms with Gasteiger partial charge >= 0.3 is 5.97 Å². The van der Waals surface area contributed by atoms with E-state index in [1.807, 2.05) is 31.6 Å². The summed E-state index contributed by atoms with van der Waals surface area (Å²) in [7, 11) is 5.22. The molecule has 1 N–H and O–H groups in total. The molecule has 1 unspecified atom stereocenters. The number of thiophene rings is 1. The zero-order valence-electron chi connectivity index (χ0n) is 14.8. The molecule has 1 atom stereocenters. The molecule has 0 radical (unpaired) electrons. The summed E-state index contributed by atoms with van der Waals surface area (Å²) in [6.07, 6.45) is 2.71. The lowest BCUT2D eigenvalue weighted by molar-refractivity contribution is -0.384. The number of nitrogens with zero attached hydrogens (tertiary/aromatic N) is 2. The number of carbonyl (C=O) groups is 1. The van der Waals surface area contributed by atoms with Crippen LogP contribution >= 0.6 is 11.3 Å². The second kappa shape index (κ2) is 9.12. The van der Waals surface area contributed by atoms with Crippen molar-refractivity contribution in [2.75, 3.05) is 33.1 Å². The van der Waals surface area contributed by atoms with E-state index in [1.165, 1.54) is 30.2 Å². The molecule has 0 amide bonds. The Hall–Kier alpha value is -2.71. The van der Waals surface area contributed by atoms with Gasteiger partial charge in [-0.25, -0.2) is 4.79 Å². The molecular weight excluding hydrogens is 354 g/mol. The van der Waals surface area contributed by atoms with Crippen molar-refractivity contribution >= 4 is 34.8 Å². The average Bonchev–Trinajstić information content (AvgIpc) is 3.14. The zero-order chi connectivity index (χ0) is 19.1. The molecule has 7 nitrogen and oxygen atoms in total. The molecule has 138 valence electrons. The van der Waals surface area contributed by atoms with E-state index >= 15 is 0 Å². The van der Waals surface area contributed by atoms with Crippen LogP contribution in [0.4, 0.5) is 11.4 Å². The molecule has 0 saturated heterocycles. The molecule has 1 heterocycles. The van der Waals surface area contributed by atoms with Gasteiger partial charge in [-0.15, -0.1) is 11.3 Å². The second-order valence-electron chi connectivity index (χ2n) is 5.77. The number of likely N-dealkylation sites (N-methyl/N-ethyl adjacent to an activating group) is 1. The molecule has 2 aromatic rings. The summed E-state index contributed by atoms with van der Waals surface area (Å²) in [5, 5.41) is 16.6. The lowest BCUT2D eigenvalue weighted by Gasteiger charge is -2.24. The largest absolute Gasteiger partial charge is 0.466 e. The van der Waals surface area contributed by atoms with Crippen LogP contribution in [0.25, 0.3) is 6.08 Å². The van der Waals surface area contributed by atoms with E-state index in [9.17, 15) is 14.9 Å². The van der Waals surface area contributed by atoms with Crippen LogP contribution in [0.3, 0.4) is 0 Å². The molecule has 0 bridgehead atoms. The first-order valence-electron chi connectivity index (χ1n) is 7.90. The summed E-state index contributed by atoms with van der Waals surface area (Å²) >= 11 is 1.65. The smallest absolute Gasteiger partial charge is 0.330 e. The van der Waals surface area contributed by atoms with Crippen LogP contribution in [0.1, 0.15) is 16.5 Å². The number of nitro benzene ring substituents is 1. The maximum Gasteiger partial charge on any atom is 0.330 e. The highest BCUT2D eigenvalue weighted by Gasteiger charge is 2.18. The number of esters is 1. The molecule has 2 rings (SSSR count). The first-order valence-corrected chi connectivity index (χ1v) is 8.78. The Morgan fingerprint density at radius 3 is 2.77 bits per heavy atom. The van der Waals surface area contributed by atoms with Crippen molar-refractivity contribution < 1.29 is 14.5 Å². The summed E-state index contributed by atoms with van der Waals surface area (Å²) in [5.41, 5.74) is 0.949. The van der Waals surface area contributed by atoms with Gasteiger partial charge in [0.25, 0.3) is 5.69 Å². The monoisotopic (exact) mass is 375 g/mol. The molecule has 0 aliphatic heterocycles. The van der Waals surface area contributed by atoms with E-state index in [0.717, 1.165) is 0 Å². The maximum absolute atomic E-state index is 11.4. The normalized spacial score (nSPS) is 12.3. The predicted molar refractivity (Wildman–Crippen MR) is 103 cm³/mol. The summed E-state index contributed by atoms with van der Waals surface area (Å²) in [6, 6.07) is 8.93. The van der Waals surface area contributed by atoms with Crippen molar-refractivity contribution in [2.24, 2.45) is 0 Å². The number of hydrogen-bond acceptors (Lipinski definition) is 7. The fraction of sp³-hybridized carbons (Fsp3) is 0.278. The number of rotatable bonds is 8. The molecule has 26 heavy (non-hydrogen) atoms. The summed E-state index contributed by atoms with van der Waals surface area (Å²) in [4.78, 5) is 25.4. The summed E-state index contributed by atoms with van der Waals surface area (Å²) < 4.78 is 4.52. The molecule has 0 aliphatic carbocycles. The minimum absolute atomic E-state index is 0.0410. The third-order valence-electron chi connectivity index (χ3n) is 3.81. The van der Waals surface area contributed by atoms with Crippen molar-refractivity contribution in [2.45, 2.75) is 6.04 Å². The number of nitrogens with one attached hydrogen (secondary N) is 1. The Balaban J connectivity index is 2.19. The summed E-state index contributed by atoms with van der Waals surface area (Å²) in [5.74, 6) is -0.514. The Bertz CT molecular complexity index is 788. The van der Waals surface area contributed by atoms with Crippen LogP contribution in [0, 0.1) is 10.1 Å². The molecule has 1 aromatic heterocycles. The third kappa shape index (κ3) is 5.14. The Morgan fingerprint density at radius 2 is 2.19 bits per heavy atom. The molecule has 8 heteroatoms. The second-order valence-corrected chi connectivity index (χ2v) is 6.75. The van der Waals surface area contributed by atoms with Gasteiger partial charge in [0.1, 0.15) is 5.69 Å². The summed E-state index contributed by atoms with van der Waals surface area (Å²) in [6.45, 7) is 0.533. The molecule has 0 aliphatic rings. The molecule has 1 aromatic carbocycles. The van der Waals surface area contributed by atoms with Gasteiger partial charge in [0.05, 0.1) is 18.1 Å². The highest BCUT2D eigenvalue weighted by Crippen LogP contribution is 2.29. The van der Waals surface area contributed by atoms with Crippen LogP contribution in [0.2, 0.25) is 0 Å². The predicted octanol–water partition coefficient (Wildman–Crippen LogP) is 3.56. The number of anilines is 1. The lowest BCUT2D eigenvalue weighted by atomic mass is 10.1. The van der Waals surface area contributed by atoms with E-state index in [0.29, 0.717) is 17.8 Å². The van der Waals surface area contributed by atoms with Crippen LogP contribution in [-0.4, -0.2) is 43.5 Å². The standard InChI is InChI=1S/C18H21N3O4S/c1-20(2)16(17-5-4-10-26-17)12-19-14-8-6-13(7-9-18(22)25-3)11-15(14)21(23)24/h4-11,16,19H,12H2,1-3H3/b9-7+. The molecule has 0 fully saturated rings. The van der Waals surface area contributed by atoms with Crippen molar-refractivity contribution in [3.05, 3.63) is 62.3 Å². The number of hydrogen-bond donors (Lipinski definition) is 1. The Morgan fingerprint density at radius 1 is 1.42 bits per heavy atom. The first kappa shape index (κ1) is 19.6. The number of ether oxygens (including phenoxy) is 1. The number of carbonyl (C=O) groups excluding carboxylic acids is 1. The van der Waals surface area contributed by atoms with Gasteiger partial charge in [0.15, 0.2) is 0 Å². The molecule has 0 spiro atoms. The van der Waals surface area contributed by atoms with Crippen molar-refractivity contribution in [1.29, 1.82) is 0 Å². The SMILES string of the molecule is COC(=O)/C=C/c1ccc(NCC(c2cccs2)N(C)C)c([N+](=O)[O-])c1. The van der Waals surface area contributed by atoms with Crippen LogP contribution in [0.15, 0.2) is 41.8 Å². The first-order chi connectivity index (χ1) is 12.4. The van der Waals surface area contributed by atoms with Crippen molar-refractivity contribution in [3.8, 4) is 0 Å². The van der Waals surface area contributed by atoms with E-state index in [2.05, 4.69) is 15.0 Å². The van der Waals surface area contributed by atoms with Crippen LogP contribution < -0.4 is 5.32 Å². The highest BCUT2D eigenvalue weighted by molar-refractivity contribution is 7.10. The molecular formula is C18H21N3O4S. The van der Waals surface area contributed by atoms with Crippen LogP contribution in [0.5, 0.6) is 0 Å². The van der Waals surface area contributed by atoms with E-state index < -0.39 is 10.9 Å². The van der Waals surface area contributed by atoms with Crippen molar-refractivity contribution in [1.82, 2.24) is 4.90 Å². The third-order valence-corrected chi connectivity index (χ3v) is 4.79. The number of benzene rings is 1. The van der Waals surface area contributed by atoms with E-state index in [1.54, 1.807) is 23.5 Å². The maximum atomic E-state index is 11.4. The number of methoxy groups -OCH3 is 1. The fourth-order valence-corrected chi connectivity index (χ4v) is 3.33. The van der Waals surface area contributed by atoms with E-state index in [4.69, 9.17) is 0 Å². The van der Waals surface area contributed by atoms with Gasteiger partial charge < -0.3 is 15.0 Å².